The molecule has 0 fully saturated rings. The van der Waals surface area contributed by atoms with E-state index in [2.05, 4.69) is 118 Å². The molecule has 1 unspecified atom stereocenters. The van der Waals surface area contributed by atoms with Crippen LogP contribution >= 0.6 is 0 Å². The van der Waals surface area contributed by atoms with Crippen molar-refractivity contribution in [3.8, 4) is 0 Å². The summed E-state index contributed by atoms with van der Waals surface area (Å²) in [5.41, 5.74) is 0. The third-order valence-corrected chi connectivity index (χ3v) is 12.3. The van der Waals surface area contributed by atoms with Gasteiger partial charge in [0.1, 0.15) is 13.2 Å². The van der Waals surface area contributed by atoms with E-state index in [1.165, 1.54) is 116 Å². The first-order valence-corrected chi connectivity index (χ1v) is 29.2. The van der Waals surface area contributed by atoms with Crippen LogP contribution < -0.4 is 0 Å². The molecule has 0 N–H and O–H groups in total. The van der Waals surface area contributed by atoms with Crippen molar-refractivity contribution in [1.29, 1.82) is 0 Å². The Bertz CT molecular complexity index is 1400. The van der Waals surface area contributed by atoms with Crippen LogP contribution in [0.5, 0.6) is 0 Å². The fourth-order valence-electron chi connectivity index (χ4n) is 8.01. The van der Waals surface area contributed by atoms with Gasteiger partial charge < -0.3 is 14.2 Å². The van der Waals surface area contributed by atoms with E-state index in [4.69, 9.17) is 14.2 Å². The first-order valence-electron chi connectivity index (χ1n) is 29.2. The Morgan fingerprint density at radius 2 is 0.557 bits per heavy atom. The molecular weight excluding hydrogens is 865 g/mol. The maximum Gasteiger partial charge on any atom is 0.306 e. The molecule has 0 bridgehead atoms. The zero-order chi connectivity index (χ0) is 50.7. The Hall–Kier alpha value is -3.67. The predicted molar refractivity (Wildman–Crippen MR) is 302 cm³/mol. The van der Waals surface area contributed by atoms with Gasteiger partial charge in [-0.2, -0.15) is 0 Å². The topological polar surface area (TPSA) is 78.9 Å². The molecule has 0 aliphatic heterocycles. The lowest BCUT2D eigenvalue weighted by Crippen LogP contribution is -2.30. The minimum atomic E-state index is -0.779. The molecular formula is C64H108O6. The Kier molecular flexibility index (Phi) is 54.9. The van der Waals surface area contributed by atoms with Crippen molar-refractivity contribution in [2.24, 2.45) is 0 Å². The highest BCUT2D eigenvalue weighted by molar-refractivity contribution is 5.71. The summed E-state index contributed by atoms with van der Waals surface area (Å²) >= 11 is 0. The van der Waals surface area contributed by atoms with Crippen molar-refractivity contribution < 1.29 is 28.6 Å². The van der Waals surface area contributed by atoms with Crippen LogP contribution in [0.1, 0.15) is 271 Å². The summed E-state index contributed by atoms with van der Waals surface area (Å²) in [4.78, 5) is 37.9. The van der Waals surface area contributed by atoms with Gasteiger partial charge in [-0.1, -0.05) is 253 Å². The molecule has 1 atom stereocenters. The summed E-state index contributed by atoms with van der Waals surface area (Å²) in [6.45, 7) is 6.35. The van der Waals surface area contributed by atoms with Gasteiger partial charge in [-0.25, -0.2) is 0 Å². The second-order valence-electron chi connectivity index (χ2n) is 19.1. The fourth-order valence-corrected chi connectivity index (χ4v) is 8.01. The molecule has 0 aliphatic carbocycles. The van der Waals surface area contributed by atoms with E-state index < -0.39 is 6.10 Å². The van der Waals surface area contributed by atoms with Gasteiger partial charge in [0, 0.05) is 19.3 Å². The Morgan fingerprint density at radius 1 is 0.300 bits per heavy atom. The van der Waals surface area contributed by atoms with Crippen LogP contribution in [0.25, 0.3) is 0 Å². The smallest absolute Gasteiger partial charge is 0.306 e. The molecule has 0 aromatic heterocycles. The maximum atomic E-state index is 12.8. The Balaban J connectivity index is 4.09. The largest absolute Gasteiger partial charge is 0.462 e. The number of rotatable bonds is 52. The SMILES string of the molecule is CC/C=C\C/C=C\C/C=C\C/C=C\C/C=C\CCCCCCCCCCCCCCCC(=O)OCC(COC(=O)CCCCCCCC)OC(=O)CCCCCCCCC/C=C\C/C=C\C/C=C\CC. The highest BCUT2D eigenvalue weighted by Gasteiger charge is 2.19. The van der Waals surface area contributed by atoms with Crippen molar-refractivity contribution in [3.63, 3.8) is 0 Å². The van der Waals surface area contributed by atoms with E-state index in [9.17, 15) is 14.4 Å². The van der Waals surface area contributed by atoms with Crippen LogP contribution in [0.3, 0.4) is 0 Å². The molecule has 0 aromatic rings. The van der Waals surface area contributed by atoms with Gasteiger partial charge in [0.25, 0.3) is 0 Å². The normalized spacial score (nSPS) is 12.8. The quantitative estimate of drug-likeness (QED) is 0.0262. The lowest BCUT2D eigenvalue weighted by molar-refractivity contribution is -0.167. The molecule has 0 aliphatic rings. The first kappa shape index (κ1) is 66.3. The fraction of sp³-hybridized carbons (Fsp3) is 0.703. The van der Waals surface area contributed by atoms with E-state index in [1.54, 1.807) is 0 Å². The third-order valence-electron chi connectivity index (χ3n) is 12.3. The van der Waals surface area contributed by atoms with Crippen molar-refractivity contribution in [1.82, 2.24) is 0 Å². The van der Waals surface area contributed by atoms with Crippen LogP contribution in [0.2, 0.25) is 0 Å². The maximum absolute atomic E-state index is 12.8. The van der Waals surface area contributed by atoms with Gasteiger partial charge in [0.15, 0.2) is 6.10 Å². The average Bonchev–Trinajstić information content (AvgIpc) is 3.36. The lowest BCUT2D eigenvalue weighted by Gasteiger charge is -2.18. The number of carbonyl (C=O) groups excluding carboxylic acids is 3. The molecule has 0 amide bonds. The molecule has 0 saturated carbocycles. The van der Waals surface area contributed by atoms with E-state index in [0.717, 1.165) is 116 Å². The van der Waals surface area contributed by atoms with Gasteiger partial charge in [-0.05, 0) is 96.3 Å². The van der Waals surface area contributed by atoms with Crippen molar-refractivity contribution in [3.05, 3.63) is 97.2 Å². The Morgan fingerprint density at radius 3 is 0.871 bits per heavy atom. The zero-order valence-electron chi connectivity index (χ0n) is 45.8. The minimum Gasteiger partial charge on any atom is -0.462 e. The van der Waals surface area contributed by atoms with Gasteiger partial charge >= 0.3 is 17.9 Å². The summed E-state index contributed by atoms with van der Waals surface area (Å²) in [6, 6.07) is 0. The summed E-state index contributed by atoms with van der Waals surface area (Å²) in [5, 5.41) is 0. The van der Waals surface area contributed by atoms with Gasteiger partial charge in [0.2, 0.25) is 0 Å². The molecule has 70 heavy (non-hydrogen) atoms. The summed E-state index contributed by atoms with van der Waals surface area (Å²) < 4.78 is 16.8. The highest BCUT2D eigenvalue weighted by Crippen LogP contribution is 2.16. The van der Waals surface area contributed by atoms with Crippen molar-refractivity contribution >= 4 is 17.9 Å². The number of esters is 3. The molecule has 0 rings (SSSR count). The average molecular weight is 974 g/mol. The standard InChI is InChI=1S/C64H108O6/c1-4-7-10-13-16-18-20-22-24-26-27-28-29-30-31-32-33-34-35-36-37-39-40-42-44-46-48-51-54-57-63(66)69-60-61(59-68-62(65)56-53-50-15-12-9-6-3)70-64(67)58-55-52-49-47-45-43-41-38-25-23-21-19-17-14-11-8-5-2/h7-8,10-11,16-19,22-25,27-28,30-31,61H,4-6,9,12-15,20-21,26,29,32-60H2,1-3H3/b10-7-,11-8-,18-16-,19-17-,24-22-,25-23-,28-27-,31-30-. The second kappa shape index (κ2) is 57.9. The number of ether oxygens (including phenoxy) is 3. The van der Waals surface area contributed by atoms with Crippen LogP contribution in [0.15, 0.2) is 97.2 Å². The van der Waals surface area contributed by atoms with Gasteiger partial charge in [0.05, 0.1) is 0 Å². The number of hydrogen-bond donors (Lipinski definition) is 0. The zero-order valence-corrected chi connectivity index (χ0v) is 45.8. The molecule has 6 heteroatoms. The number of hydrogen-bond acceptors (Lipinski definition) is 6. The van der Waals surface area contributed by atoms with Gasteiger partial charge in [-0.3, -0.25) is 14.4 Å². The molecule has 0 heterocycles. The van der Waals surface area contributed by atoms with E-state index in [0.29, 0.717) is 19.3 Å². The third kappa shape index (κ3) is 55.3. The minimum absolute atomic E-state index is 0.0807. The Labute approximate surface area is 432 Å². The molecule has 0 saturated heterocycles. The van der Waals surface area contributed by atoms with E-state index >= 15 is 0 Å². The molecule has 400 valence electrons. The summed E-state index contributed by atoms with van der Waals surface area (Å²) in [6.07, 6.45) is 77.2. The second-order valence-corrected chi connectivity index (χ2v) is 19.1. The summed E-state index contributed by atoms with van der Waals surface area (Å²) in [5.74, 6) is -0.898. The van der Waals surface area contributed by atoms with Gasteiger partial charge in [-0.15, -0.1) is 0 Å². The molecule has 0 spiro atoms. The van der Waals surface area contributed by atoms with Crippen molar-refractivity contribution in [2.45, 2.75) is 277 Å². The highest BCUT2D eigenvalue weighted by atomic mass is 16.6. The molecule has 0 aromatic carbocycles. The summed E-state index contributed by atoms with van der Waals surface area (Å²) in [7, 11) is 0. The predicted octanol–water partition coefficient (Wildman–Crippen LogP) is 19.7. The first-order chi connectivity index (χ1) is 34.5. The van der Waals surface area contributed by atoms with Crippen LogP contribution in [0.4, 0.5) is 0 Å². The lowest BCUT2D eigenvalue weighted by atomic mass is 10.0. The number of unbranched alkanes of at least 4 members (excludes halogenated alkanes) is 25. The molecule has 0 radical (unpaired) electrons. The van der Waals surface area contributed by atoms with E-state index in [-0.39, 0.29) is 31.1 Å². The van der Waals surface area contributed by atoms with E-state index in [1.807, 2.05) is 0 Å². The van der Waals surface area contributed by atoms with Crippen LogP contribution in [0, 0.1) is 0 Å². The monoisotopic (exact) mass is 973 g/mol. The number of allylic oxidation sites excluding steroid dienone is 16. The number of carbonyl (C=O) groups is 3. The van der Waals surface area contributed by atoms with Crippen molar-refractivity contribution in [2.75, 3.05) is 13.2 Å². The van der Waals surface area contributed by atoms with Crippen LogP contribution in [-0.2, 0) is 28.6 Å². The molecule has 6 nitrogen and oxygen atoms in total. The van der Waals surface area contributed by atoms with Crippen LogP contribution in [-0.4, -0.2) is 37.2 Å².